The summed E-state index contributed by atoms with van der Waals surface area (Å²) in [7, 11) is 0. The molecule has 100 valence electrons. The molecule has 0 radical (unpaired) electrons. The second kappa shape index (κ2) is 6.14. The number of nitrogens with two attached hydrogens (primary N) is 1. The van der Waals surface area contributed by atoms with Crippen LogP contribution in [0.25, 0.3) is 0 Å². The Bertz CT molecular complexity index is 376. The molecule has 1 aliphatic rings. The maximum absolute atomic E-state index is 6.03. The van der Waals surface area contributed by atoms with Crippen LogP contribution in [0.2, 0.25) is 0 Å². The molecule has 2 N–H and O–H groups in total. The number of piperidine rings is 1. The summed E-state index contributed by atoms with van der Waals surface area (Å²) in [5, 5.41) is 0. The van der Waals surface area contributed by atoms with Gasteiger partial charge in [-0.3, -0.25) is 0 Å². The van der Waals surface area contributed by atoms with Gasteiger partial charge in [0.15, 0.2) is 0 Å². The first kappa shape index (κ1) is 13.3. The lowest BCUT2D eigenvalue weighted by molar-refractivity contribution is 0.502. The van der Waals surface area contributed by atoms with E-state index >= 15 is 0 Å². The van der Waals surface area contributed by atoms with E-state index in [4.69, 9.17) is 5.73 Å². The van der Waals surface area contributed by atoms with Crippen LogP contribution in [0.3, 0.4) is 0 Å². The van der Waals surface area contributed by atoms with Gasteiger partial charge in [0.05, 0.1) is 0 Å². The Kier molecular flexibility index (Phi) is 4.53. The molecule has 1 aliphatic heterocycles. The van der Waals surface area contributed by atoms with Gasteiger partial charge in [0.2, 0.25) is 0 Å². The highest BCUT2D eigenvalue weighted by molar-refractivity contribution is 5.40. The van der Waals surface area contributed by atoms with Gasteiger partial charge in [0.1, 0.15) is 12.1 Å². The minimum absolute atomic E-state index is 0.283. The average molecular weight is 248 g/mol. The molecule has 2 rings (SSSR count). The molecule has 1 aromatic heterocycles. The van der Waals surface area contributed by atoms with E-state index in [1.165, 1.54) is 5.69 Å². The van der Waals surface area contributed by atoms with Crippen LogP contribution in [0.1, 0.15) is 51.1 Å². The van der Waals surface area contributed by atoms with Crippen molar-refractivity contribution in [3.63, 3.8) is 0 Å². The quantitative estimate of drug-likeness (QED) is 0.888. The van der Waals surface area contributed by atoms with Crippen LogP contribution in [0.15, 0.2) is 12.4 Å². The molecule has 1 aromatic rings. The Labute approximate surface area is 110 Å². The molecule has 0 aromatic carbocycles. The molecule has 1 saturated heterocycles. The lowest BCUT2D eigenvalue weighted by Crippen LogP contribution is -2.43. The topological polar surface area (TPSA) is 55.0 Å². The number of anilines is 1. The minimum Gasteiger partial charge on any atom is -0.355 e. The molecular formula is C14H24N4. The maximum Gasteiger partial charge on any atom is 0.132 e. The molecule has 1 fully saturated rings. The highest BCUT2D eigenvalue weighted by atomic mass is 15.2. The van der Waals surface area contributed by atoms with E-state index in [0.717, 1.165) is 44.6 Å². The van der Waals surface area contributed by atoms with E-state index < -0.39 is 0 Å². The summed E-state index contributed by atoms with van der Waals surface area (Å²) in [5.41, 5.74) is 7.20. The van der Waals surface area contributed by atoms with Gasteiger partial charge in [0, 0.05) is 36.8 Å². The van der Waals surface area contributed by atoms with Crippen LogP contribution in [0.4, 0.5) is 5.82 Å². The van der Waals surface area contributed by atoms with Gasteiger partial charge in [-0.05, 0) is 25.7 Å². The van der Waals surface area contributed by atoms with Gasteiger partial charge in [-0.1, -0.05) is 13.8 Å². The summed E-state index contributed by atoms with van der Waals surface area (Å²) >= 11 is 0. The second-order valence-electron chi connectivity index (χ2n) is 5.16. The highest BCUT2D eigenvalue weighted by Gasteiger charge is 2.19. The predicted molar refractivity (Wildman–Crippen MR) is 74.8 cm³/mol. The number of rotatable bonds is 4. The zero-order chi connectivity index (χ0) is 13.0. The molecule has 1 atom stereocenters. The molecule has 0 aliphatic carbocycles. The fourth-order valence-corrected chi connectivity index (χ4v) is 2.68. The normalized spacial score (nSPS) is 20.4. The van der Waals surface area contributed by atoms with Gasteiger partial charge in [0.25, 0.3) is 0 Å². The van der Waals surface area contributed by atoms with Crippen molar-refractivity contribution in [2.75, 3.05) is 18.0 Å². The van der Waals surface area contributed by atoms with Crippen molar-refractivity contribution in [2.45, 2.75) is 51.5 Å². The lowest BCUT2D eigenvalue weighted by Gasteiger charge is -2.31. The average Bonchev–Trinajstić information content (AvgIpc) is 2.41. The molecule has 0 saturated carbocycles. The second-order valence-corrected chi connectivity index (χ2v) is 5.16. The molecule has 4 heteroatoms. The van der Waals surface area contributed by atoms with Crippen LogP contribution in [-0.2, 0) is 0 Å². The summed E-state index contributed by atoms with van der Waals surface area (Å²) in [6, 6.07) is 2.43. The molecule has 1 unspecified atom stereocenters. The molecule has 2 heterocycles. The van der Waals surface area contributed by atoms with Gasteiger partial charge in [-0.15, -0.1) is 0 Å². The summed E-state index contributed by atoms with van der Waals surface area (Å²) < 4.78 is 0. The van der Waals surface area contributed by atoms with Crippen molar-refractivity contribution in [3.05, 3.63) is 18.1 Å². The Morgan fingerprint density at radius 1 is 1.39 bits per heavy atom. The number of nitrogens with zero attached hydrogens (tertiary/aromatic N) is 3. The van der Waals surface area contributed by atoms with E-state index in [1.54, 1.807) is 6.33 Å². The van der Waals surface area contributed by atoms with E-state index in [0.29, 0.717) is 5.92 Å². The van der Waals surface area contributed by atoms with Gasteiger partial charge >= 0.3 is 0 Å². The maximum atomic E-state index is 6.03. The summed E-state index contributed by atoms with van der Waals surface area (Å²) in [5.74, 6) is 1.59. The molecular weight excluding hydrogens is 224 g/mol. The van der Waals surface area contributed by atoms with E-state index in [9.17, 15) is 0 Å². The van der Waals surface area contributed by atoms with Crippen molar-refractivity contribution in [1.82, 2.24) is 9.97 Å². The molecule has 0 bridgehead atoms. The minimum atomic E-state index is 0.283. The lowest BCUT2D eigenvalue weighted by atomic mass is 9.99. The summed E-state index contributed by atoms with van der Waals surface area (Å²) in [6.45, 7) is 6.41. The van der Waals surface area contributed by atoms with Gasteiger partial charge < -0.3 is 10.6 Å². The largest absolute Gasteiger partial charge is 0.355 e. The number of hydrogen-bond acceptors (Lipinski definition) is 4. The standard InChI is InChI=1S/C14H24N4/c1-3-11(4-2)13-8-14(17-10-16-13)18-7-5-6-12(15)9-18/h8,10-12H,3-7,9,15H2,1-2H3. The van der Waals surface area contributed by atoms with Crippen molar-refractivity contribution in [3.8, 4) is 0 Å². The summed E-state index contributed by atoms with van der Waals surface area (Å²) in [6.07, 6.45) is 6.24. The monoisotopic (exact) mass is 248 g/mol. The van der Waals surface area contributed by atoms with E-state index in [1.807, 2.05) is 0 Å². The first-order chi connectivity index (χ1) is 8.74. The molecule has 4 nitrogen and oxygen atoms in total. The first-order valence-corrected chi connectivity index (χ1v) is 7.07. The van der Waals surface area contributed by atoms with Crippen molar-refractivity contribution in [2.24, 2.45) is 5.73 Å². The summed E-state index contributed by atoms with van der Waals surface area (Å²) in [4.78, 5) is 11.1. The van der Waals surface area contributed by atoms with Gasteiger partial charge in [-0.25, -0.2) is 9.97 Å². The van der Waals surface area contributed by atoms with Crippen LogP contribution < -0.4 is 10.6 Å². The Morgan fingerprint density at radius 3 is 2.83 bits per heavy atom. The van der Waals surface area contributed by atoms with Gasteiger partial charge in [-0.2, -0.15) is 0 Å². The van der Waals surface area contributed by atoms with E-state index in [-0.39, 0.29) is 6.04 Å². The Morgan fingerprint density at radius 2 is 2.17 bits per heavy atom. The third-order valence-electron chi connectivity index (χ3n) is 3.86. The van der Waals surface area contributed by atoms with Crippen LogP contribution in [-0.4, -0.2) is 29.1 Å². The van der Waals surface area contributed by atoms with Crippen molar-refractivity contribution < 1.29 is 0 Å². The zero-order valence-electron chi connectivity index (χ0n) is 11.5. The van der Waals surface area contributed by atoms with E-state index in [2.05, 4.69) is 34.8 Å². The fourth-order valence-electron chi connectivity index (χ4n) is 2.68. The Hall–Kier alpha value is -1.16. The smallest absolute Gasteiger partial charge is 0.132 e. The van der Waals surface area contributed by atoms with Crippen LogP contribution in [0, 0.1) is 0 Å². The SMILES string of the molecule is CCC(CC)c1cc(N2CCCC(N)C2)ncn1. The van der Waals surface area contributed by atoms with Crippen LogP contribution >= 0.6 is 0 Å². The van der Waals surface area contributed by atoms with Crippen molar-refractivity contribution in [1.29, 1.82) is 0 Å². The predicted octanol–water partition coefficient (Wildman–Crippen LogP) is 2.31. The van der Waals surface area contributed by atoms with Crippen molar-refractivity contribution >= 4 is 5.82 Å². The fraction of sp³-hybridized carbons (Fsp3) is 0.714. The molecule has 18 heavy (non-hydrogen) atoms. The number of hydrogen-bond donors (Lipinski definition) is 1. The molecule has 0 amide bonds. The zero-order valence-corrected chi connectivity index (χ0v) is 11.5. The third-order valence-corrected chi connectivity index (χ3v) is 3.86. The highest BCUT2D eigenvalue weighted by Crippen LogP contribution is 2.24. The third kappa shape index (κ3) is 2.99. The first-order valence-electron chi connectivity index (χ1n) is 7.07. The van der Waals surface area contributed by atoms with Crippen LogP contribution in [0.5, 0.6) is 0 Å². The number of aromatic nitrogens is 2. The Balaban J connectivity index is 2.15. The molecule has 0 spiro atoms.